The number of rotatable bonds is 4. The van der Waals surface area contributed by atoms with E-state index in [0.717, 1.165) is 42.6 Å². The van der Waals surface area contributed by atoms with Gasteiger partial charge in [0, 0.05) is 35.3 Å². The predicted octanol–water partition coefficient (Wildman–Crippen LogP) is 4.90. The van der Waals surface area contributed by atoms with Crippen molar-refractivity contribution in [3.8, 4) is 5.75 Å². The summed E-state index contributed by atoms with van der Waals surface area (Å²) >= 11 is 3.77. The Morgan fingerprint density at radius 2 is 2.00 bits per heavy atom. The fraction of sp³-hybridized carbons (Fsp3) is 0.368. The molecule has 0 atom stereocenters. The first-order valence-corrected chi connectivity index (χ1v) is 10.1. The topological polar surface area (TPSA) is 38.2 Å². The average molecular weight is 372 g/mol. The number of benzene rings is 1. The summed E-state index contributed by atoms with van der Waals surface area (Å²) < 4.78 is 9.18. The third-order valence-corrected chi connectivity index (χ3v) is 6.86. The monoisotopic (exact) mass is 371 g/mol. The largest absolute Gasteiger partial charge is 0.497 e. The van der Waals surface area contributed by atoms with Crippen molar-refractivity contribution in [2.75, 3.05) is 20.2 Å². The summed E-state index contributed by atoms with van der Waals surface area (Å²) in [5, 5.41) is 1.16. The van der Waals surface area contributed by atoms with E-state index in [9.17, 15) is 0 Å². The fourth-order valence-corrected chi connectivity index (χ4v) is 5.54. The standard InChI is InChI=1S/C19H21N3OS2/c1-13-3-6-18(24-13)25-22-9-7-14(8-10-22)19-16-5-4-15(23-2)11-17(16)20-12-21-19/h3-6,11-12,14H,7-10H2,1-2H3. The van der Waals surface area contributed by atoms with E-state index in [4.69, 9.17) is 4.74 Å². The Labute approximate surface area is 156 Å². The molecule has 3 aromatic rings. The maximum atomic E-state index is 5.31. The van der Waals surface area contributed by atoms with Crippen LogP contribution in [0.2, 0.25) is 0 Å². The Morgan fingerprint density at radius 3 is 2.72 bits per heavy atom. The van der Waals surface area contributed by atoms with E-state index in [1.807, 2.05) is 35.4 Å². The highest BCUT2D eigenvalue weighted by molar-refractivity contribution is 7.98. The lowest BCUT2D eigenvalue weighted by Gasteiger charge is -2.30. The van der Waals surface area contributed by atoms with Crippen molar-refractivity contribution in [3.05, 3.63) is 47.2 Å². The zero-order valence-corrected chi connectivity index (χ0v) is 16.1. The molecule has 0 saturated carbocycles. The van der Waals surface area contributed by atoms with E-state index in [0.29, 0.717) is 5.92 Å². The Morgan fingerprint density at radius 1 is 1.16 bits per heavy atom. The van der Waals surface area contributed by atoms with Crippen molar-refractivity contribution in [1.82, 2.24) is 14.3 Å². The van der Waals surface area contributed by atoms with Crippen molar-refractivity contribution >= 4 is 34.2 Å². The highest BCUT2D eigenvalue weighted by Crippen LogP contribution is 2.37. The summed E-state index contributed by atoms with van der Waals surface area (Å²) in [6.07, 6.45) is 3.96. The molecular weight excluding hydrogens is 350 g/mol. The molecule has 0 radical (unpaired) electrons. The number of fused-ring (bicyclic) bond motifs is 1. The van der Waals surface area contributed by atoms with Crippen LogP contribution in [0.4, 0.5) is 0 Å². The Bertz CT molecular complexity index is 872. The molecule has 130 valence electrons. The minimum Gasteiger partial charge on any atom is -0.497 e. The molecular formula is C19H21N3OS2. The molecule has 2 aromatic heterocycles. The lowest BCUT2D eigenvalue weighted by Crippen LogP contribution is -2.27. The van der Waals surface area contributed by atoms with Crippen LogP contribution in [0.25, 0.3) is 10.9 Å². The molecule has 0 bridgehead atoms. The van der Waals surface area contributed by atoms with Crippen molar-refractivity contribution in [3.63, 3.8) is 0 Å². The van der Waals surface area contributed by atoms with Crippen LogP contribution in [0.15, 0.2) is 40.9 Å². The van der Waals surface area contributed by atoms with Crippen molar-refractivity contribution in [2.45, 2.75) is 29.9 Å². The summed E-state index contributed by atoms with van der Waals surface area (Å²) in [5.41, 5.74) is 2.15. The van der Waals surface area contributed by atoms with Gasteiger partial charge in [-0.3, -0.25) is 0 Å². The number of methoxy groups -OCH3 is 1. The molecule has 0 amide bonds. The minimum absolute atomic E-state index is 0.501. The molecule has 0 spiro atoms. The highest BCUT2D eigenvalue weighted by Gasteiger charge is 2.24. The maximum Gasteiger partial charge on any atom is 0.121 e. The fourth-order valence-electron chi connectivity index (χ4n) is 3.32. The number of nitrogens with zero attached hydrogens (tertiary/aromatic N) is 3. The first kappa shape index (κ1) is 16.8. The third kappa shape index (κ3) is 3.66. The number of piperidine rings is 1. The van der Waals surface area contributed by atoms with Gasteiger partial charge in [0.25, 0.3) is 0 Å². The van der Waals surface area contributed by atoms with Crippen LogP contribution >= 0.6 is 23.3 Å². The molecule has 4 nitrogen and oxygen atoms in total. The molecule has 3 heterocycles. The van der Waals surface area contributed by atoms with Gasteiger partial charge >= 0.3 is 0 Å². The molecule has 4 rings (SSSR count). The highest BCUT2D eigenvalue weighted by atomic mass is 32.2. The molecule has 1 aromatic carbocycles. The van der Waals surface area contributed by atoms with Crippen molar-refractivity contribution in [1.29, 1.82) is 0 Å². The van der Waals surface area contributed by atoms with Gasteiger partial charge in [-0.2, -0.15) is 0 Å². The quantitative estimate of drug-likeness (QED) is 0.610. The number of aromatic nitrogens is 2. The van der Waals surface area contributed by atoms with Gasteiger partial charge in [0.2, 0.25) is 0 Å². The third-order valence-electron chi connectivity index (χ3n) is 4.65. The van der Waals surface area contributed by atoms with E-state index < -0.39 is 0 Å². The number of ether oxygens (including phenoxy) is 1. The normalized spacial score (nSPS) is 16.4. The summed E-state index contributed by atoms with van der Waals surface area (Å²) in [6.45, 7) is 4.35. The van der Waals surface area contributed by atoms with Gasteiger partial charge in [0.05, 0.1) is 22.5 Å². The molecule has 25 heavy (non-hydrogen) atoms. The van der Waals surface area contributed by atoms with Crippen LogP contribution in [-0.2, 0) is 0 Å². The van der Waals surface area contributed by atoms with E-state index in [-0.39, 0.29) is 0 Å². The van der Waals surface area contributed by atoms with Crippen LogP contribution in [0.5, 0.6) is 5.75 Å². The zero-order valence-electron chi connectivity index (χ0n) is 14.4. The van der Waals surface area contributed by atoms with Gasteiger partial charge in [-0.15, -0.1) is 11.3 Å². The maximum absolute atomic E-state index is 5.31. The Hall–Kier alpha value is -1.63. The molecule has 0 unspecified atom stereocenters. The Kier molecular flexibility index (Phi) is 4.92. The SMILES string of the molecule is COc1ccc2c(C3CCN(Sc4ccc(C)s4)CC3)ncnc2c1. The summed E-state index contributed by atoms with van der Waals surface area (Å²) in [4.78, 5) is 10.4. The van der Waals surface area contributed by atoms with Gasteiger partial charge in [0.1, 0.15) is 12.1 Å². The number of hydrogen-bond donors (Lipinski definition) is 0. The van der Waals surface area contributed by atoms with E-state index in [1.54, 1.807) is 13.4 Å². The second-order valence-electron chi connectivity index (χ2n) is 6.30. The van der Waals surface area contributed by atoms with Gasteiger partial charge in [0.15, 0.2) is 0 Å². The van der Waals surface area contributed by atoms with Crippen molar-refractivity contribution in [2.24, 2.45) is 0 Å². The molecule has 1 aliphatic heterocycles. The lowest BCUT2D eigenvalue weighted by molar-refractivity contribution is 0.344. The van der Waals surface area contributed by atoms with Gasteiger partial charge in [-0.05, 0) is 56.0 Å². The minimum atomic E-state index is 0.501. The smallest absolute Gasteiger partial charge is 0.121 e. The molecule has 0 aliphatic carbocycles. The van der Waals surface area contributed by atoms with Crippen molar-refractivity contribution < 1.29 is 4.74 Å². The second kappa shape index (κ2) is 7.32. The van der Waals surface area contributed by atoms with Gasteiger partial charge in [-0.1, -0.05) is 0 Å². The zero-order chi connectivity index (χ0) is 17.2. The first-order valence-electron chi connectivity index (χ1n) is 8.51. The van der Waals surface area contributed by atoms with Crippen LogP contribution < -0.4 is 4.74 Å². The lowest BCUT2D eigenvalue weighted by atomic mass is 9.92. The average Bonchev–Trinajstić information content (AvgIpc) is 3.06. The van der Waals surface area contributed by atoms with Crippen LogP contribution in [0, 0.1) is 6.92 Å². The molecule has 1 fully saturated rings. The van der Waals surface area contributed by atoms with E-state index in [1.165, 1.54) is 14.8 Å². The van der Waals surface area contributed by atoms with Crippen LogP contribution in [-0.4, -0.2) is 34.5 Å². The van der Waals surface area contributed by atoms with Crippen LogP contribution in [0.1, 0.15) is 29.3 Å². The van der Waals surface area contributed by atoms with E-state index in [2.05, 4.69) is 39.4 Å². The molecule has 0 N–H and O–H groups in total. The molecule has 6 heteroatoms. The summed E-state index contributed by atoms with van der Waals surface area (Å²) in [6, 6.07) is 10.5. The van der Waals surface area contributed by atoms with E-state index >= 15 is 0 Å². The van der Waals surface area contributed by atoms with Gasteiger partial charge < -0.3 is 4.74 Å². The number of thiophene rings is 1. The Balaban J connectivity index is 1.48. The summed E-state index contributed by atoms with van der Waals surface area (Å²) in [5.74, 6) is 1.34. The summed E-state index contributed by atoms with van der Waals surface area (Å²) in [7, 11) is 1.69. The second-order valence-corrected chi connectivity index (χ2v) is 8.99. The number of hydrogen-bond acceptors (Lipinski definition) is 6. The van der Waals surface area contributed by atoms with Crippen LogP contribution in [0.3, 0.4) is 0 Å². The van der Waals surface area contributed by atoms with Gasteiger partial charge in [-0.25, -0.2) is 14.3 Å². The first-order chi connectivity index (χ1) is 12.2. The number of aryl methyl sites for hydroxylation is 1. The predicted molar refractivity (Wildman–Crippen MR) is 105 cm³/mol. The molecule has 1 aliphatic rings. The molecule has 1 saturated heterocycles.